The summed E-state index contributed by atoms with van der Waals surface area (Å²) in [5.74, 6) is -0.965. The maximum atomic E-state index is 13.7. The molecule has 0 aromatic heterocycles. The lowest BCUT2D eigenvalue weighted by molar-refractivity contribution is -0.139. The van der Waals surface area contributed by atoms with Crippen molar-refractivity contribution in [1.29, 1.82) is 0 Å². The summed E-state index contributed by atoms with van der Waals surface area (Å²) in [5.41, 5.74) is 2.02. The second-order valence-corrected chi connectivity index (χ2v) is 10.2. The number of hydrogen-bond acceptors (Lipinski definition) is 5. The van der Waals surface area contributed by atoms with E-state index in [0.717, 1.165) is 11.1 Å². The Hall–Kier alpha value is -2.97. The molecule has 0 spiro atoms. The van der Waals surface area contributed by atoms with E-state index in [0.29, 0.717) is 16.3 Å². The van der Waals surface area contributed by atoms with Gasteiger partial charge in [-0.1, -0.05) is 59.6 Å². The Bertz CT molecular complexity index is 1100. The molecule has 0 heterocycles. The Morgan fingerprint density at radius 3 is 2.39 bits per heavy atom. The molecule has 0 bridgehead atoms. The van der Waals surface area contributed by atoms with Crippen LogP contribution in [-0.2, 0) is 14.3 Å². The summed E-state index contributed by atoms with van der Waals surface area (Å²) in [6.45, 7) is 12.7. The highest BCUT2D eigenvalue weighted by atomic mass is 35.5. The molecule has 0 aliphatic carbocycles. The zero-order valence-corrected chi connectivity index (χ0v) is 23.0. The predicted octanol–water partition coefficient (Wildman–Crippen LogP) is 5.47. The van der Waals surface area contributed by atoms with Crippen molar-refractivity contribution in [2.45, 2.75) is 52.3 Å². The van der Waals surface area contributed by atoms with Gasteiger partial charge in [-0.2, -0.15) is 12.6 Å². The topological polar surface area (TPSA) is 87.7 Å². The minimum absolute atomic E-state index is 0.00248. The van der Waals surface area contributed by atoms with Gasteiger partial charge < -0.3 is 20.3 Å². The molecule has 2 aromatic rings. The number of benzene rings is 2. The third-order valence-electron chi connectivity index (χ3n) is 5.17. The van der Waals surface area contributed by atoms with E-state index in [2.05, 4.69) is 29.8 Å². The Morgan fingerprint density at radius 2 is 1.83 bits per heavy atom. The number of nitrogens with zero attached hydrogens (tertiary/aromatic N) is 1. The zero-order valence-electron chi connectivity index (χ0n) is 21.3. The van der Waals surface area contributed by atoms with Gasteiger partial charge >= 0.3 is 6.09 Å². The molecule has 2 N–H and O–H groups in total. The van der Waals surface area contributed by atoms with Gasteiger partial charge in [0.05, 0.1) is 10.7 Å². The number of thiol groups is 1. The second-order valence-electron chi connectivity index (χ2n) is 9.40. The van der Waals surface area contributed by atoms with Crippen LogP contribution in [0.4, 0.5) is 10.5 Å². The first-order valence-corrected chi connectivity index (χ1v) is 12.5. The molecule has 0 saturated carbocycles. The number of nitrogens with one attached hydrogen (secondary N) is 2. The maximum Gasteiger partial charge on any atom is 0.408 e. The van der Waals surface area contributed by atoms with Crippen molar-refractivity contribution in [1.82, 2.24) is 10.2 Å². The van der Waals surface area contributed by atoms with Crippen LogP contribution in [0.3, 0.4) is 0 Å². The van der Waals surface area contributed by atoms with Crippen molar-refractivity contribution in [3.05, 3.63) is 76.8 Å². The highest BCUT2D eigenvalue weighted by Crippen LogP contribution is 2.29. The van der Waals surface area contributed by atoms with Gasteiger partial charge in [-0.3, -0.25) is 9.59 Å². The Morgan fingerprint density at radius 1 is 1.17 bits per heavy atom. The Labute approximate surface area is 223 Å². The van der Waals surface area contributed by atoms with Crippen LogP contribution >= 0.6 is 24.2 Å². The van der Waals surface area contributed by atoms with Crippen molar-refractivity contribution in [3.63, 3.8) is 0 Å². The molecule has 0 radical (unpaired) electrons. The van der Waals surface area contributed by atoms with E-state index in [1.54, 1.807) is 39.0 Å². The summed E-state index contributed by atoms with van der Waals surface area (Å²) in [4.78, 5) is 41.2. The van der Waals surface area contributed by atoms with Gasteiger partial charge in [-0.25, -0.2) is 4.79 Å². The van der Waals surface area contributed by atoms with Crippen LogP contribution in [0.5, 0.6) is 0 Å². The summed E-state index contributed by atoms with van der Waals surface area (Å²) in [5, 5.41) is 5.84. The molecule has 2 atom stereocenters. The summed E-state index contributed by atoms with van der Waals surface area (Å²) in [6.07, 6.45) is 0.773. The molecule has 0 saturated heterocycles. The van der Waals surface area contributed by atoms with Gasteiger partial charge in [0.2, 0.25) is 5.91 Å². The van der Waals surface area contributed by atoms with E-state index >= 15 is 0 Å². The smallest absolute Gasteiger partial charge is 0.408 e. The number of rotatable bonds is 9. The lowest BCUT2D eigenvalue weighted by Crippen LogP contribution is -2.53. The lowest BCUT2D eigenvalue weighted by atomic mass is 10.0. The molecular formula is C27H34ClN3O4S. The molecule has 2 unspecified atom stereocenters. The SMILES string of the molecule is C=CCN(C(=O)C(CS)NC(=O)OC(C)(C)C)C(C(=O)Nc1c(C)cccc1Cl)c1cccc(C)c1. The molecule has 2 rings (SSSR count). The molecule has 36 heavy (non-hydrogen) atoms. The molecule has 9 heteroatoms. The minimum Gasteiger partial charge on any atom is -0.444 e. The fourth-order valence-electron chi connectivity index (χ4n) is 3.59. The normalized spacial score (nSPS) is 12.8. The number of ether oxygens (including phenoxy) is 1. The standard InChI is InChI=1S/C27H34ClN3O4S/c1-7-14-31(25(33)21(16-36)29-26(34)35-27(4,5)6)23(19-12-8-10-17(2)15-19)24(32)30-22-18(3)11-9-13-20(22)28/h7-13,15,21,23,36H,1,14,16H2,2-6H3,(H,29,34)(H,30,32). The molecule has 0 fully saturated rings. The molecule has 3 amide bonds. The van der Waals surface area contributed by atoms with Crippen LogP contribution in [0.2, 0.25) is 5.02 Å². The molecule has 2 aromatic carbocycles. The number of amides is 3. The summed E-state index contributed by atoms with van der Waals surface area (Å²) < 4.78 is 5.30. The van der Waals surface area contributed by atoms with Gasteiger partial charge in [0, 0.05) is 12.3 Å². The van der Waals surface area contributed by atoms with Crippen molar-refractivity contribution < 1.29 is 19.1 Å². The lowest BCUT2D eigenvalue weighted by Gasteiger charge is -2.33. The fraction of sp³-hybridized carbons (Fsp3) is 0.370. The first-order chi connectivity index (χ1) is 16.9. The summed E-state index contributed by atoms with van der Waals surface area (Å²) in [7, 11) is 0. The average Bonchev–Trinajstić information content (AvgIpc) is 2.78. The molecule has 0 aliphatic rings. The van der Waals surface area contributed by atoms with Crippen molar-refractivity contribution >= 4 is 47.8 Å². The highest BCUT2D eigenvalue weighted by Gasteiger charge is 2.35. The number of halogens is 1. The van der Waals surface area contributed by atoms with Crippen LogP contribution in [0.1, 0.15) is 43.5 Å². The van der Waals surface area contributed by atoms with Crippen molar-refractivity contribution in [3.8, 4) is 0 Å². The first-order valence-electron chi connectivity index (χ1n) is 11.5. The minimum atomic E-state index is -1.04. The predicted molar refractivity (Wildman–Crippen MR) is 148 cm³/mol. The fourth-order valence-corrected chi connectivity index (χ4v) is 4.11. The summed E-state index contributed by atoms with van der Waals surface area (Å²) in [6, 6.07) is 10.6. The van der Waals surface area contributed by atoms with Crippen molar-refractivity contribution in [2.75, 3.05) is 17.6 Å². The van der Waals surface area contributed by atoms with Gasteiger partial charge in [-0.05, 0) is 51.8 Å². The van der Waals surface area contributed by atoms with E-state index in [4.69, 9.17) is 16.3 Å². The maximum absolute atomic E-state index is 13.7. The molecular weight excluding hydrogens is 498 g/mol. The number of aryl methyl sites for hydroxylation is 2. The van der Waals surface area contributed by atoms with Gasteiger partial charge in [0.1, 0.15) is 17.7 Å². The first kappa shape index (κ1) is 29.3. The number of carbonyl (C=O) groups excluding carboxylic acids is 3. The quantitative estimate of drug-likeness (QED) is 0.295. The van der Waals surface area contributed by atoms with Gasteiger partial charge in [-0.15, -0.1) is 6.58 Å². The molecule has 194 valence electrons. The van der Waals surface area contributed by atoms with Crippen LogP contribution in [0, 0.1) is 13.8 Å². The van der Waals surface area contributed by atoms with E-state index in [1.165, 1.54) is 11.0 Å². The third-order valence-corrected chi connectivity index (χ3v) is 5.85. The summed E-state index contributed by atoms with van der Waals surface area (Å²) >= 11 is 10.6. The van der Waals surface area contributed by atoms with E-state index in [-0.39, 0.29) is 12.3 Å². The monoisotopic (exact) mass is 531 g/mol. The largest absolute Gasteiger partial charge is 0.444 e. The van der Waals surface area contributed by atoms with E-state index in [9.17, 15) is 14.4 Å². The van der Waals surface area contributed by atoms with Gasteiger partial charge in [0.25, 0.3) is 5.91 Å². The number of alkyl carbamates (subject to hydrolysis) is 1. The Kier molecular flexibility index (Phi) is 10.4. The zero-order chi connectivity index (χ0) is 27.0. The number of anilines is 1. The van der Waals surface area contributed by atoms with Crippen molar-refractivity contribution in [2.24, 2.45) is 0 Å². The third kappa shape index (κ3) is 8.03. The van der Waals surface area contributed by atoms with E-state index in [1.807, 2.05) is 38.1 Å². The average molecular weight is 532 g/mol. The second kappa shape index (κ2) is 12.8. The van der Waals surface area contributed by atoms with E-state index < -0.39 is 35.6 Å². The van der Waals surface area contributed by atoms with Crippen LogP contribution in [0.15, 0.2) is 55.1 Å². The van der Waals surface area contributed by atoms with Gasteiger partial charge in [0.15, 0.2) is 0 Å². The molecule has 0 aliphatic heterocycles. The number of para-hydroxylation sites is 1. The highest BCUT2D eigenvalue weighted by molar-refractivity contribution is 7.80. The molecule has 7 nitrogen and oxygen atoms in total. The number of hydrogen-bond donors (Lipinski definition) is 3. The number of carbonyl (C=O) groups is 3. The van der Waals surface area contributed by atoms with Crippen LogP contribution in [-0.4, -0.2) is 46.7 Å². The van der Waals surface area contributed by atoms with Crippen LogP contribution in [0.25, 0.3) is 0 Å². The Balaban J connectivity index is 2.49. The van der Waals surface area contributed by atoms with Crippen LogP contribution < -0.4 is 10.6 Å².